The van der Waals surface area contributed by atoms with Gasteiger partial charge in [-0.25, -0.2) is 0 Å². The molecule has 1 aliphatic heterocycles. The molecule has 104 valence electrons. The van der Waals surface area contributed by atoms with Crippen LogP contribution >= 0.6 is 0 Å². The quantitative estimate of drug-likeness (QED) is 0.759. The number of hydrogen-bond acceptors (Lipinski definition) is 2. The molecular weight excluding hydrogens is 232 g/mol. The Morgan fingerprint density at radius 3 is 2.89 bits per heavy atom. The van der Waals surface area contributed by atoms with Crippen LogP contribution in [-0.4, -0.2) is 19.6 Å². The lowest BCUT2D eigenvalue weighted by atomic mass is 9.67. The summed E-state index contributed by atoms with van der Waals surface area (Å²) < 4.78 is 0. The molecule has 0 saturated heterocycles. The van der Waals surface area contributed by atoms with E-state index in [0.29, 0.717) is 11.3 Å². The van der Waals surface area contributed by atoms with Crippen molar-refractivity contribution >= 4 is 5.69 Å². The molecular formula is C17H26N2. The summed E-state index contributed by atoms with van der Waals surface area (Å²) in [5.41, 5.74) is 3.50. The Morgan fingerprint density at radius 1 is 1.32 bits per heavy atom. The molecule has 1 heterocycles. The van der Waals surface area contributed by atoms with Gasteiger partial charge in [0.15, 0.2) is 0 Å². The number of nitrogens with one attached hydrogen (secondary N) is 2. The van der Waals surface area contributed by atoms with Crippen molar-refractivity contribution in [2.45, 2.75) is 44.9 Å². The van der Waals surface area contributed by atoms with Gasteiger partial charge in [-0.05, 0) is 49.3 Å². The lowest BCUT2D eigenvalue weighted by Gasteiger charge is -2.41. The number of para-hydroxylation sites is 1. The standard InChI is InChI=1S/C17H26N2/c1-2-17(9-5-10-17)13-18-11-8-14-12-19-16-7-4-3-6-15(14)16/h3-4,6-7,14,18-19H,2,5,8-13H2,1H3. The summed E-state index contributed by atoms with van der Waals surface area (Å²) >= 11 is 0. The van der Waals surface area contributed by atoms with E-state index in [-0.39, 0.29) is 0 Å². The predicted octanol–water partition coefficient (Wildman–Crippen LogP) is 3.76. The van der Waals surface area contributed by atoms with Gasteiger partial charge < -0.3 is 10.6 Å². The van der Waals surface area contributed by atoms with Crippen LogP contribution in [0.2, 0.25) is 0 Å². The molecule has 1 aromatic rings. The molecule has 0 bridgehead atoms. The van der Waals surface area contributed by atoms with Crippen molar-refractivity contribution in [2.24, 2.45) is 5.41 Å². The topological polar surface area (TPSA) is 24.1 Å². The van der Waals surface area contributed by atoms with Gasteiger partial charge in [-0.15, -0.1) is 0 Å². The first-order valence-electron chi connectivity index (χ1n) is 7.86. The van der Waals surface area contributed by atoms with Crippen molar-refractivity contribution in [3.8, 4) is 0 Å². The first kappa shape index (κ1) is 13.0. The Balaban J connectivity index is 1.44. The summed E-state index contributed by atoms with van der Waals surface area (Å²) in [6.45, 7) is 5.84. The van der Waals surface area contributed by atoms with Crippen LogP contribution in [0.3, 0.4) is 0 Å². The molecule has 0 radical (unpaired) electrons. The maximum atomic E-state index is 3.71. The van der Waals surface area contributed by atoms with E-state index in [0.717, 1.165) is 13.1 Å². The van der Waals surface area contributed by atoms with Crippen LogP contribution in [0.25, 0.3) is 0 Å². The van der Waals surface area contributed by atoms with Gasteiger partial charge in [-0.3, -0.25) is 0 Å². The van der Waals surface area contributed by atoms with Gasteiger partial charge in [0.25, 0.3) is 0 Å². The minimum Gasteiger partial charge on any atom is -0.384 e. The van der Waals surface area contributed by atoms with Gasteiger partial charge in [0.1, 0.15) is 0 Å². The van der Waals surface area contributed by atoms with Crippen LogP contribution in [0.15, 0.2) is 24.3 Å². The normalized spacial score (nSPS) is 23.5. The van der Waals surface area contributed by atoms with Crippen LogP contribution in [0.1, 0.15) is 50.5 Å². The molecule has 3 rings (SSSR count). The molecule has 0 amide bonds. The van der Waals surface area contributed by atoms with Crippen molar-refractivity contribution in [1.82, 2.24) is 5.32 Å². The predicted molar refractivity (Wildman–Crippen MR) is 81.7 cm³/mol. The average molecular weight is 258 g/mol. The van der Waals surface area contributed by atoms with Crippen molar-refractivity contribution < 1.29 is 0 Å². The van der Waals surface area contributed by atoms with Crippen LogP contribution in [0.4, 0.5) is 5.69 Å². The molecule has 1 atom stereocenters. The van der Waals surface area contributed by atoms with E-state index in [1.807, 2.05) is 0 Å². The van der Waals surface area contributed by atoms with Crippen LogP contribution in [-0.2, 0) is 0 Å². The minimum atomic E-state index is 0.645. The van der Waals surface area contributed by atoms with Crippen molar-refractivity contribution in [3.05, 3.63) is 29.8 Å². The van der Waals surface area contributed by atoms with Crippen molar-refractivity contribution in [3.63, 3.8) is 0 Å². The third-order valence-electron chi connectivity index (χ3n) is 5.27. The maximum Gasteiger partial charge on any atom is 0.0376 e. The fourth-order valence-corrected chi connectivity index (χ4v) is 3.58. The summed E-state index contributed by atoms with van der Waals surface area (Å²) in [5.74, 6) is 0.697. The fraction of sp³-hybridized carbons (Fsp3) is 0.647. The van der Waals surface area contributed by atoms with Gasteiger partial charge in [0.05, 0.1) is 0 Å². The molecule has 1 aromatic carbocycles. The molecule has 1 saturated carbocycles. The SMILES string of the molecule is CCC1(CNCCC2CNc3ccccc32)CCC1. The molecule has 1 unspecified atom stereocenters. The number of anilines is 1. The first-order valence-corrected chi connectivity index (χ1v) is 7.86. The molecule has 2 N–H and O–H groups in total. The molecule has 0 spiro atoms. The monoisotopic (exact) mass is 258 g/mol. The Kier molecular flexibility index (Phi) is 3.79. The van der Waals surface area contributed by atoms with Gasteiger partial charge in [-0.1, -0.05) is 31.5 Å². The van der Waals surface area contributed by atoms with E-state index in [2.05, 4.69) is 41.8 Å². The summed E-state index contributed by atoms with van der Waals surface area (Å²) in [6, 6.07) is 8.75. The van der Waals surface area contributed by atoms with Gasteiger partial charge in [-0.2, -0.15) is 0 Å². The van der Waals surface area contributed by atoms with E-state index >= 15 is 0 Å². The summed E-state index contributed by atoms with van der Waals surface area (Å²) in [7, 11) is 0. The maximum absolute atomic E-state index is 3.71. The zero-order valence-corrected chi connectivity index (χ0v) is 12.0. The Hall–Kier alpha value is -1.02. The summed E-state index contributed by atoms with van der Waals surface area (Å²) in [5, 5.41) is 7.22. The largest absolute Gasteiger partial charge is 0.384 e. The van der Waals surface area contributed by atoms with Gasteiger partial charge >= 0.3 is 0 Å². The second-order valence-corrected chi connectivity index (χ2v) is 6.34. The third-order valence-corrected chi connectivity index (χ3v) is 5.27. The molecule has 1 aliphatic carbocycles. The Labute approximate surface area is 117 Å². The Bertz CT molecular complexity index is 418. The first-order chi connectivity index (χ1) is 9.33. The fourth-order valence-electron chi connectivity index (χ4n) is 3.58. The smallest absolute Gasteiger partial charge is 0.0376 e. The minimum absolute atomic E-state index is 0.645. The van der Waals surface area contributed by atoms with E-state index in [1.165, 1.54) is 49.9 Å². The van der Waals surface area contributed by atoms with Crippen LogP contribution < -0.4 is 10.6 Å². The highest BCUT2D eigenvalue weighted by Gasteiger charge is 2.34. The zero-order valence-electron chi connectivity index (χ0n) is 12.0. The number of fused-ring (bicyclic) bond motifs is 1. The number of benzene rings is 1. The highest BCUT2D eigenvalue weighted by atomic mass is 14.9. The van der Waals surface area contributed by atoms with Crippen LogP contribution in [0, 0.1) is 5.41 Å². The summed E-state index contributed by atoms with van der Waals surface area (Å²) in [6.07, 6.45) is 6.90. The number of rotatable bonds is 6. The average Bonchev–Trinajstić information content (AvgIpc) is 2.81. The van der Waals surface area contributed by atoms with Crippen LogP contribution in [0.5, 0.6) is 0 Å². The third kappa shape index (κ3) is 2.64. The van der Waals surface area contributed by atoms with E-state index in [4.69, 9.17) is 0 Å². The molecule has 2 aliphatic rings. The Morgan fingerprint density at radius 2 is 2.16 bits per heavy atom. The van der Waals surface area contributed by atoms with Crippen molar-refractivity contribution in [2.75, 3.05) is 25.0 Å². The van der Waals surface area contributed by atoms with Crippen molar-refractivity contribution in [1.29, 1.82) is 0 Å². The van der Waals surface area contributed by atoms with E-state index < -0.39 is 0 Å². The second kappa shape index (κ2) is 5.54. The number of hydrogen-bond donors (Lipinski definition) is 2. The molecule has 0 aromatic heterocycles. The molecule has 19 heavy (non-hydrogen) atoms. The molecule has 2 nitrogen and oxygen atoms in total. The lowest BCUT2D eigenvalue weighted by molar-refractivity contribution is 0.124. The highest BCUT2D eigenvalue weighted by molar-refractivity contribution is 5.57. The zero-order chi connectivity index (χ0) is 13.1. The van der Waals surface area contributed by atoms with Gasteiger partial charge in [0, 0.05) is 24.7 Å². The van der Waals surface area contributed by atoms with E-state index in [9.17, 15) is 0 Å². The molecule has 1 fully saturated rings. The van der Waals surface area contributed by atoms with E-state index in [1.54, 1.807) is 0 Å². The molecule has 2 heteroatoms. The lowest BCUT2D eigenvalue weighted by Crippen LogP contribution is -2.39. The van der Waals surface area contributed by atoms with Gasteiger partial charge in [0.2, 0.25) is 0 Å². The highest BCUT2D eigenvalue weighted by Crippen LogP contribution is 2.43. The second-order valence-electron chi connectivity index (χ2n) is 6.34. The summed E-state index contributed by atoms with van der Waals surface area (Å²) in [4.78, 5) is 0.